The number of anilines is 1. The van der Waals surface area contributed by atoms with Gasteiger partial charge >= 0.3 is 17.9 Å². The summed E-state index contributed by atoms with van der Waals surface area (Å²) in [6.07, 6.45) is 4.47. The van der Waals surface area contributed by atoms with E-state index >= 15 is 0 Å². The average molecular weight is 1590 g/mol. The molecule has 0 saturated carbocycles. The Morgan fingerprint density at radius 2 is 1.47 bits per heavy atom. The molecule has 14 N–H and O–H groups in total. The van der Waals surface area contributed by atoms with Gasteiger partial charge < -0.3 is 85.7 Å². The van der Waals surface area contributed by atoms with Gasteiger partial charge in [-0.25, -0.2) is 18.2 Å². The number of fused-ring (bicyclic) bond motifs is 1. The molecular weight excluding hydrogens is 1490 g/mol. The van der Waals surface area contributed by atoms with Crippen molar-refractivity contribution in [3.05, 3.63) is 86.7 Å². The standard InChI is InChI=1S/C50H74N10O19S2.C9H17N2O4.CH4.Gd.H2O/c1-32(2)60(79-30-44(63)64)29-43(62)57-40(31-80(70,71)72)48(67)52-13-8-17-76-20-22-77-21-19-75-16-7-12-51-42(61)9-6-18-78-36-23-33(3)46(34(4)24-36)81(73,74)58-39(49(68)69)27-55-47(66)38-28-59(5)41-25-35(10-11-37(41)45(38)65)26-56-50-53-14-15-54-50;1-10-3-4-11(5-8(13)7-12)6-9(14)15-2;;;/h10-11,14-15,23-25,28,32,39-40,43,57-58,62H,6-9,12-13,16-22,26-27,29-31H2,1-5H3,(H,51,61)(H,52,67)(H,55,66)(H,63,64)(H,68,69)(H2,53,54,56)(H,70,71,72);12H,3-7H2,1-2H3;1H4;;1H2/q;-1;;;/t39?,40-,43?;;;;/m0..../s1. The van der Waals surface area contributed by atoms with Gasteiger partial charge in [-0.1, -0.05) is 13.5 Å². The summed E-state index contributed by atoms with van der Waals surface area (Å²) in [5.41, 5.74) is 1.04. The maximum Gasteiger partial charge on any atom is 0.331 e. The number of benzene rings is 2. The van der Waals surface area contributed by atoms with Gasteiger partial charge in [0.1, 0.15) is 36.2 Å². The number of hydrogen-bond donors (Lipinski definition) is 12. The Balaban J connectivity index is 0.00000474. The molecule has 0 aliphatic carbocycles. The first-order valence-electron chi connectivity index (χ1n) is 30.4. The molecule has 2 aromatic heterocycles. The van der Waals surface area contributed by atoms with E-state index in [1.54, 1.807) is 68.0 Å². The molecule has 3 atom stereocenters. The molecule has 2 aromatic carbocycles. The Kier molecular flexibility index (Phi) is 46.1. The summed E-state index contributed by atoms with van der Waals surface area (Å²) in [6.45, 7) is 7.97. The number of sulfonamides is 1. The number of hydrogen-bond acceptors (Lipinski definition) is 25. The summed E-state index contributed by atoms with van der Waals surface area (Å²) < 4.78 is 90.1. The monoisotopic (exact) mass is 1590 g/mol. The molecule has 0 bridgehead atoms. The van der Waals surface area contributed by atoms with Gasteiger partial charge in [-0.05, 0) is 94.5 Å². The molecule has 3 amide bonds. The van der Waals surface area contributed by atoms with Crippen LogP contribution in [0, 0.1) is 53.8 Å². The number of nitrogens with one attached hydrogen (secondary N) is 7. The van der Waals surface area contributed by atoms with Crippen LogP contribution in [0.3, 0.4) is 0 Å². The second kappa shape index (κ2) is 49.3. The predicted octanol–water partition coefficient (Wildman–Crippen LogP) is -1.40. The minimum atomic E-state index is -4.63. The van der Waals surface area contributed by atoms with Crippen LogP contribution in [0.5, 0.6) is 5.75 Å². The Morgan fingerprint density at radius 1 is 0.848 bits per heavy atom. The average Bonchev–Trinajstić information content (AvgIpc) is 0.958. The number of aromatic nitrogens is 3. The molecular formula is C60H97GdN12O24S2-. The molecule has 562 valence electrons. The summed E-state index contributed by atoms with van der Waals surface area (Å²) >= 11 is 0. The number of Topliss-reactive ketones (excluding diaryl/α,β-unsaturated/α-hetero) is 1. The second-order valence-electron chi connectivity index (χ2n) is 21.7. The third-order valence-corrected chi connectivity index (χ3v) is 16.0. The van der Waals surface area contributed by atoms with Crippen LogP contribution in [0.2, 0.25) is 0 Å². The Hall–Kier alpha value is -6.35. The van der Waals surface area contributed by atoms with E-state index in [9.17, 15) is 70.0 Å². The number of nitrogens with zero attached hydrogens (tertiary/aromatic N) is 5. The molecule has 0 radical (unpaired) electrons. The largest absolute Gasteiger partial charge is 0.664 e. The minimum Gasteiger partial charge on any atom is -0.664 e. The summed E-state index contributed by atoms with van der Waals surface area (Å²) in [7, 11) is -4.50. The van der Waals surface area contributed by atoms with E-state index in [0.29, 0.717) is 75.9 Å². The van der Waals surface area contributed by atoms with Crippen LogP contribution >= 0.6 is 0 Å². The van der Waals surface area contributed by atoms with Crippen LogP contribution in [0.15, 0.2) is 58.6 Å². The predicted molar refractivity (Wildman–Crippen MR) is 357 cm³/mol. The van der Waals surface area contributed by atoms with Crippen LogP contribution in [-0.4, -0.2) is 269 Å². The van der Waals surface area contributed by atoms with Gasteiger partial charge in [0.05, 0.1) is 75.9 Å². The van der Waals surface area contributed by atoms with E-state index in [0.717, 1.165) is 10.6 Å². The van der Waals surface area contributed by atoms with Crippen molar-refractivity contribution in [2.45, 2.75) is 96.6 Å². The molecule has 99 heavy (non-hydrogen) atoms. The number of esters is 1. The van der Waals surface area contributed by atoms with Gasteiger partial charge in [0.2, 0.25) is 27.3 Å². The van der Waals surface area contributed by atoms with E-state index in [1.165, 1.54) is 39.3 Å². The van der Waals surface area contributed by atoms with Crippen molar-refractivity contribution in [1.82, 2.24) is 50.5 Å². The van der Waals surface area contributed by atoms with Gasteiger partial charge in [0, 0.05) is 123 Å². The van der Waals surface area contributed by atoms with E-state index in [2.05, 4.69) is 51.3 Å². The normalized spacial score (nSPS) is 12.2. The fourth-order valence-electron chi connectivity index (χ4n) is 8.86. The smallest absolute Gasteiger partial charge is 0.331 e. The van der Waals surface area contributed by atoms with E-state index in [-0.39, 0.29) is 163 Å². The topological polar surface area (TPSA) is 519 Å². The first-order chi connectivity index (χ1) is 45.5. The first kappa shape index (κ1) is 92.7. The zero-order valence-corrected chi connectivity index (χ0v) is 59.6. The number of carbonyl (C=O) groups is 7. The SMILES string of the molecule is C.C[N-]CCN(CC(=O)CO)CC(=O)OC.Cc1cc(OCCCC(=O)NCCCOCCOCCOCCCNC(=O)[C@H](CS(=O)(=O)O)NC(O)CN(OCC(=O)O)C(C)C)cc(C)c1S(=O)(=O)NC(CNC(=O)c1cn(C)c2cc(CNc3ncc[nH]3)ccc2c1=O)C(=O)O.O.[Gd]. The summed E-state index contributed by atoms with van der Waals surface area (Å²) in [6, 6.07) is 4.34. The number of carboxylic acid groups (broad SMARTS) is 2. The number of rotatable bonds is 48. The van der Waals surface area contributed by atoms with Crippen molar-refractivity contribution >= 4 is 78.4 Å². The van der Waals surface area contributed by atoms with Crippen molar-refractivity contribution in [1.29, 1.82) is 0 Å². The molecule has 2 heterocycles. The third-order valence-electron chi connectivity index (χ3n) is 13.5. The summed E-state index contributed by atoms with van der Waals surface area (Å²) in [4.78, 5) is 110. The number of likely N-dealkylation sites (N-methyl/N-ethyl adjacent to an activating group) is 1. The zero-order chi connectivity index (χ0) is 71.4. The number of aliphatic hydroxyl groups is 2. The van der Waals surface area contributed by atoms with Gasteiger partial charge in [-0.3, -0.25) is 53.2 Å². The Labute approximate surface area is 607 Å². The van der Waals surface area contributed by atoms with Crippen molar-refractivity contribution in [2.24, 2.45) is 7.05 Å². The van der Waals surface area contributed by atoms with Crippen LogP contribution in [0.25, 0.3) is 16.2 Å². The number of imidazole rings is 1. The van der Waals surface area contributed by atoms with E-state index < -0.39 is 99.1 Å². The van der Waals surface area contributed by atoms with Gasteiger partial charge in [0.25, 0.3) is 16.0 Å². The molecule has 36 nitrogen and oxygen atoms in total. The molecule has 0 fully saturated rings. The van der Waals surface area contributed by atoms with Crippen LogP contribution in [-0.2, 0) is 86.3 Å². The number of pyridine rings is 1. The number of aromatic amines is 1. The van der Waals surface area contributed by atoms with Crippen molar-refractivity contribution < 1.29 is 149 Å². The molecule has 0 aliphatic heterocycles. The fourth-order valence-corrected chi connectivity index (χ4v) is 11.2. The number of aliphatic carboxylic acids is 2. The quantitative estimate of drug-likeness (QED) is 0.00796. The van der Waals surface area contributed by atoms with E-state index in [4.69, 9.17) is 34.0 Å². The summed E-state index contributed by atoms with van der Waals surface area (Å²) in [5, 5.41) is 56.3. The number of methoxy groups -OCH3 is 1. The number of amides is 3. The molecule has 2 unspecified atom stereocenters. The molecule has 4 aromatic rings. The van der Waals surface area contributed by atoms with Crippen molar-refractivity contribution in [3.63, 3.8) is 0 Å². The number of H-pyrrole nitrogens is 1. The van der Waals surface area contributed by atoms with Gasteiger partial charge in [0.15, 0.2) is 18.3 Å². The van der Waals surface area contributed by atoms with Crippen LogP contribution in [0.1, 0.15) is 74.0 Å². The third kappa shape index (κ3) is 36.7. The maximum absolute atomic E-state index is 13.6. The number of hydroxylamine groups is 2. The minimum absolute atomic E-state index is 0. The Bertz CT molecular complexity index is 3380. The molecule has 0 saturated heterocycles. The Morgan fingerprint density at radius 3 is 2.03 bits per heavy atom. The molecule has 39 heteroatoms. The van der Waals surface area contributed by atoms with Crippen LogP contribution in [0.4, 0.5) is 5.95 Å². The summed E-state index contributed by atoms with van der Waals surface area (Å²) in [5.74, 6) is -5.58. The number of ketones is 1. The zero-order valence-electron chi connectivity index (χ0n) is 55.7. The van der Waals surface area contributed by atoms with Gasteiger partial charge in [-0.15, -0.1) is 6.54 Å². The van der Waals surface area contributed by atoms with Crippen molar-refractivity contribution in [3.8, 4) is 5.75 Å². The number of carbonyl (C=O) groups excluding carboxylic acids is 5. The first-order valence-corrected chi connectivity index (χ1v) is 33.5. The number of aryl methyl sites for hydroxylation is 3. The van der Waals surface area contributed by atoms with Crippen LogP contribution < -0.4 is 41.5 Å². The number of carboxylic acids is 2. The molecule has 0 spiro atoms. The van der Waals surface area contributed by atoms with Crippen molar-refractivity contribution in [2.75, 3.05) is 137 Å². The fraction of sp³-hybridized carbons (Fsp3) is 0.583. The van der Waals surface area contributed by atoms with E-state index in [1.807, 2.05) is 0 Å². The molecule has 4 rings (SSSR count). The number of aliphatic hydroxyl groups excluding tert-OH is 2. The maximum atomic E-state index is 13.6. The molecule has 0 aliphatic rings. The number of ether oxygens (including phenoxy) is 5. The van der Waals surface area contributed by atoms with Gasteiger partial charge in [-0.2, -0.15) is 25.3 Å². The second-order valence-corrected chi connectivity index (χ2v) is 24.9.